The highest BCUT2D eigenvalue weighted by Gasteiger charge is 2.31. The third kappa shape index (κ3) is 3.11. The molecular weight excluding hydrogens is 351 g/mol. The van der Waals surface area contributed by atoms with Crippen LogP contribution in [0.1, 0.15) is 5.56 Å². The molecule has 0 unspecified atom stereocenters. The molecule has 1 aliphatic heterocycles. The lowest BCUT2D eigenvalue weighted by molar-refractivity contribution is -0.137. The molecule has 0 aromatic carbocycles. The number of piperazine rings is 1. The van der Waals surface area contributed by atoms with Gasteiger partial charge in [0.25, 0.3) is 0 Å². The fourth-order valence-electron chi connectivity index (χ4n) is 2.92. The Morgan fingerprint density at radius 1 is 0.920 bits per heavy atom. The summed E-state index contributed by atoms with van der Waals surface area (Å²) in [5.74, 6) is 1.47. The largest absolute Gasteiger partial charge is 0.417 e. The number of alkyl halides is 3. The second-order valence-electron chi connectivity index (χ2n) is 5.71. The fourth-order valence-corrected chi connectivity index (χ4v) is 3.64. The quantitative estimate of drug-likeness (QED) is 0.696. The molecule has 0 N–H and O–H groups in total. The molecule has 25 heavy (non-hydrogen) atoms. The van der Waals surface area contributed by atoms with Gasteiger partial charge in [-0.25, -0.2) is 15.0 Å². The topological polar surface area (TPSA) is 45.2 Å². The minimum atomic E-state index is -4.36. The number of fused-ring (bicyclic) bond motifs is 1. The van der Waals surface area contributed by atoms with Crippen LogP contribution in [0.2, 0.25) is 0 Å². The van der Waals surface area contributed by atoms with Gasteiger partial charge in [-0.3, -0.25) is 0 Å². The Morgan fingerprint density at radius 2 is 1.68 bits per heavy atom. The monoisotopic (exact) mass is 365 g/mol. The molecule has 0 bridgehead atoms. The van der Waals surface area contributed by atoms with Gasteiger partial charge in [0.2, 0.25) is 0 Å². The Hall–Kier alpha value is -2.42. The van der Waals surface area contributed by atoms with Gasteiger partial charge in [-0.15, -0.1) is 11.3 Å². The van der Waals surface area contributed by atoms with Crippen molar-refractivity contribution >= 4 is 33.2 Å². The van der Waals surface area contributed by atoms with Crippen LogP contribution in [0.25, 0.3) is 10.2 Å². The van der Waals surface area contributed by atoms with Crippen LogP contribution < -0.4 is 9.80 Å². The minimum absolute atomic E-state index is 0.566. The summed E-state index contributed by atoms with van der Waals surface area (Å²) in [6.45, 7) is 2.80. The highest BCUT2D eigenvalue weighted by molar-refractivity contribution is 7.16. The van der Waals surface area contributed by atoms with Crippen LogP contribution >= 0.6 is 11.3 Å². The molecule has 0 radical (unpaired) electrons. The highest BCUT2D eigenvalue weighted by atomic mass is 32.1. The van der Waals surface area contributed by atoms with Crippen LogP contribution in [0, 0.1) is 0 Å². The van der Waals surface area contributed by atoms with Crippen molar-refractivity contribution in [3.63, 3.8) is 0 Å². The van der Waals surface area contributed by atoms with E-state index < -0.39 is 11.7 Å². The third-order valence-corrected chi connectivity index (χ3v) is 5.04. The molecule has 0 aliphatic carbocycles. The van der Waals surface area contributed by atoms with Crippen molar-refractivity contribution in [2.45, 2.75) is 6.18 Å². The second-order valence-corrected chi connectivity index (χ2v) is 6.61. The van der Waals surface area contributed by atoms with Gasteiger partial charge in [-0.2, -0.15) is 13.2 Å². The molecule has 1 saturated heterocycles. The number of hydrogen-bond acceptors (Lipinski definition) is 6. The molecule has 0 saturated carbocycles. The number of aromatic nitrogens is 3. The molecule has 130 valence electrons. The van der Waals surface area contributed by atoms with Crippen LogP contribution in [0.4, 0.5) is 24.8 Å². The molecule has 5 nitrogen and oxygen atoms in total. The maximum absolute atomic E-state index is 12.6. The number of hydrogen-bond donors (Lipinski definition) is 0. The molecule has 1 fully saturated rings. The number of thiophene rings is 1. The zero-order chi connectivity index (χ0) is 17.4. The smallest absolute Gasteiger partial charge is 0.353 e. The van der Waals surface area contributed by atoms with Crippen molar-refractivity contribution in [3.05, 3.63) is 41.7 Å². The molecule has 0 amide bonds. The van der Waals surface area contributed by atoms with E-state index in [1.54, 1.807) is 17.7 Å². The van der Waals surface area contributed by atoms with Crippen molar-refractivity contribution in [3.8, 4) is 0 Å². The van der Waals surface area contributed by atoms with E-state index in [1.807, 2.05) is 16.3 Å². The van der Waals surface area contributed by atoms with E-state index >= 15 is 0 Å². The fraction of sp³-hybridized carbons (Fsp3) is 0.312. The van der Waals surface area contributed by atoms with Gasteiger partial charge < -0.3 is 9.80 Å². The summed E-state index contributed by atoms with van der Waals surface area (Å²) in [6.07, 6.45) is -1.90. The maximum atomic E-state index is 12.6. The van der Waals surface area contributed by atoms with E-state index in [0.29, 0.717) is 18.9 Å². The molecule has 4 rings (SSSR count). The molecule has 0 atom stereocenters. The zero-order valence-corrected chi connectivity index (χ0v) is 13.9. The summed E-state index contributed by atoms with van der Waals surface area (Å²) in [7, 11) is 0. The van der Waals surface area contributed by atoms with Crippen molar-refractivity contribution < 1.29 is 13.2 Å². The first-order chi connectivity index (χ1) is 12.0. The summed E-state index contributed by atoms with van der Waals surface area (Å²) < 4.78 is 37.9. The van der Waals surface area contributed by atoms with E-state index in [0.717, 1.165) is 41.4 Å². The van der Waals surface area contributed by atoms with Crippen LogP contribution in [0.15, 0.2) is 36.1 Å². The number of pyridine rings is 1. The zero-order valence-electron chi connectivity index (χ0n) is 13.1. The predicted octanol–water partition coefficient (Wildman–Crippen LogP) is 3.43. The van der Waals surface area contributed by atoms with E-state index in [-0.39, 0.29) is 0 Å². The number of rotatable bonds is 2. The first-order valence-electron chi connectivity index (χ1n) is 7.74. The minimum Gasteiger partial charge on any atom is -0.353 e. The summed E-state index contributed by atoms with van der Waals surface area (Å²) >= 11 is 1.58. The van der Waals surface area contributed by atoms with Crippen LogP contribution in [-0.4, -0.2) is 41.1 Å². The van der Waals surface area contributed by atoms with Gasteiger partial charge in [-0.05, 0) is 23.6 Å². The normalized spacial score (nSPS) is 15.8. The van der Waals surface area contributed by atoms with Crippen LogP contribution in [-0.2, 0) is 6.18 Å². The van der Waals surface area contributed by atoms with Gasteiger partial charge in [0.15, 0.2) is 0 Å². The van der Waals surface area contributed by atoms with Crippen LogP contribution in [0.3, 0.4) is 0 Å². The molecule has 4 heterocycles. The van der Waals surface area contributed by atoms with Crippen LogP contribution in [0.5, 0.6) is 0 Å². The Bertz CT molecular complexity index is 869. The summed E-state index contributed by atoms with van der Waals surface area (Å²) in [5, 5.41) is 3.03. The second kappa shape index (κ2) is 6.14. The maximum Gasteiger partial charge on any atom is 0.417 e. The lowest BCUT2D eigenvalue weighted by atomic mass is 10.2. The number of halogens is 3. The SMILES string of the molecule is FC(F)(F)c1ccc(N2CCN(c3ncnc4sccc34)CC2)nc1. The molecule has 3 aromatic heterocycles. The van der Waals surface area contributed by atoms with Crippen molar-refractivity contribution in [2.75, 3.05) is 36.0 Å². The Balaban J connectivity index is 1.47. The first-order valence-corrected chi connectivity index (χ1v) is 8.62. The van der Waals surface area contributed by atoms with Gasteiger partial charge >= 0.3 is 6.18 Å². The summed E-state index contributed by atoms with van der Waals surface area (Å²) in [6, 6.07) is 4.52. The number of anilines is 2. The third-order valence-electron chi connectivity index (χ3n) is 4.22. The molecule has 3 aromatic rings. The van der Waals surface area contributed by atoms with Crippen molar-refractivity contribution in [1.82, 2.24) is 15.0 Å². The molecule has 9 heteroatoms. The standard InChI is InChI=1S/C16H14F3N5S/c17-16(18,19)11-1-2-13(20-9-11)23-4-6-24(7-5-23)14-12-3-8-25-15(12)22-10-21-14/h1-3,8-10H,4-7H2. The predicted molar refractivity (Wildman–Crippen MR) is 91.1 cm³/mol. The van der Waals surface area contributed by atoms with Gasteiger partial charge in [0.1, 0.15) is 22.8 Å². The lowest BCUT2D eigenvalue weighted by Gasteiger charge is -2.36. The molecular formula is C16H14F3N5S. The summed E-state index contributed by atoms with van der Waals surface area (Å²) in [4.78, 5) is 17.8. The van der Waals surface area contributed by atoms with Gasteiger partial charge in [0.05, 0.1) is 10.9 Å². The lowest BCUT2D eigenvalue weighted by Crippen LogP contribution is -2.47. The summed E-state index contributed by atoms with van der Waals surface area (Å²) in [5.41, 5.74) is -0.726. The Labute approximate surface area is 145 Å². The highest BCUT2D eigenvalue weighted by Crippen LogP contribution is 2.30. The first kappa shape index (κ1) is 16.1. The van der Waals surface area contributed by atoms with E-state index in [1.165, 1.54) is 6.07 Å². The van der Waals surface area contributed by atoms with E-state index in [2.05, 4.69) is 19.9 Å². The average molecular weight is 365 g/mol. The Morgan fingerprint density at radius 3 is 2.36 bits per heavy atom. The number of nitrogens with zero attached hydrogens (tertiary/aromatic N) is 5. The molecule has 1 aliphatic rings. The van der Waals surface area contributed by atoms with E-state index in [9.17, 15) is 13.2 Å². The Kier molecular flexibility index (Phi) is 3.95. The van der Waals surface area contributed by atoms with Crippen molar-refractivity contribution in [2.24, 2.45) is 0 Å². The van der Waals surface area contributed by atoms with Gasteiger partial charge in [-0.1, -0.05) is 0 Å². The average Bonchev–Trinajstić information content (AvgIpc) is 3.10. The molecule has 0 spiro atoms. The van der Waals surface area contributed by atoms with Gasteiger partial charge in [0, 0.05) is 32.4 Å². The van der Waals surface area contributed by atoms with Crippen molar-refractivity contribution in [1.29, 1.82) is 0 Å². The van der Waals surface area contributed by atoms with E-state index in [4.69, 9.17) is 0 Å².